The Morgan fingerprint density at radius 1 is 1.12 bits per heavy atom. The van der Waals surface area contributed by atoms with E-state index in [0.29, 0.717) is 13.1 Å². The first-order chi connectivity index (χ1) is 6.50. The molecule has 0 radical (unpaired) electrons. The highest BCUT2D eigenvalue weighted by Crippen LogP contribution is 2.08. The topological polar surface area (TPSA) is 110 Å². The van der Waals surface area contributed by atoms with E-state index in [1.54, 1.807) is 0 Å². The minimum absolute atomic E-state index is 0. The molecule has 0 bridgehead atoms. The number of aliphatic carboxylic acids is 1. The van der Waals surface area contributed by atoms with Gasteiger partial charge in [0, 0.05) is 31.6 Å². The smallest absolute Gasteiger partial charge is 0.303 e. The van der Waals surface area contributed by atoms with E-state index in [1.165, 1.54) is 4.90 Å². The first-order valence-electron chi connectivity index (χ1n) is 4.51. The molecule has 96 valence electrons. The van der Waals surface area contributed by atoms with Gasteiger partial charge in [0.25, 0.3) is 0 Å². The van der Waals surface area contributed by atoms with Gasteiger partial charge < -0.3 is 21.5 Å². The summed E-state index contributed by atoms with van der Waals surface area (Å²) < 4.78 is 0. The summed E-state index contributed by atoms with van der Waals surface area (Å²) in [6.45, 7) is 0.860. The maximum atomic E-state index is 11.4. The molecule has 1 fully saturated rings. The van der Waals surface area contributed by atoms with Crippen LogP contribution < -0.4 is 11.5 Å². The minimum atomic E-state index is -0.967. The molecule has 0 saturated carbocycles. The quantitative estimate of drug-likeness (QED) is 0.623. The fourth-order valence-corrected chi connectivity index (χ4v) is 1.43. The highest BCUT2D eigenvalue weighted by molar-refractivity contribution is 5.85. The van der Waals surface area contributed by atoms with Crippen molar-refractivity contribution in [2.45, 2.75) is 24.9 Å². The Kier molecular flexibility index (Phi) is 8.54. The fourth-order valence-electron chi connectivity index (χ4n) is 1.43. The van der Waals surface area contributed by atoms with Gasteiger partial charge in [0.05, 0.1) is 6.42 Å². The number of carboxylic acids is 1. The largest absolute Gasteiger partial charge is 0.481 e. The van der Waals surface area contributed by atoms with Gasteiger partial charge in [-0.1, -0.05) is 0 Å². The van der Waals surface area contributed by atoms with E-state index in [0.717, 1.165) is 0 Å². The van der Waals surface area contributed by atoms with E-state index < -0.39 is 5.97 Å². The molecular formula is C8H17Cl2N3O3. The third-order valence-corrected chi connectivity index (χ3v) is 2.32. The van der Waals surface area contributed by atoms with Crippen molar-refractivity contribution >= 4 is 36.7 Å². The van der Waals surface area contributed by atoms with Crippen LogP contribution in [0, 0.1) is 0 Å². The Hall–Kier alpha value is -0.560. The second-order valence-corrected chi connectivity index (χ2v) is 3.52. The first kappa shape index (κ1) is 17.8. The van der Waals surface area contributed by atoms with Crippen LogP contribution in [0.4, 0.5) is 0 Å². The van der Waals surface area contributed by atoms with Gasteiger partial charge in [-0.2, -0.15) is 0 Å². The molecule has 6 nitrogen and oxygen atoms in total. The van der Waals surface area contributed by atoms with Crippen LogP contribution in [0.2, 0.25) is 0 Å². The number of carbonyl (C=O) groups excluding carboxylic acids is 1. The molecule has 0 spiro atoms. The van der Waals surface area contributed by atoms with Crippen molar-refractivity contribution in [3.63, 3.8) is 0 Å². The molecule has 8 heteroatoms. The van der Waals surface area contributed by atoms with Crippen LogP contribution in [0.25, 0.3) is 0 Å². The Morgan fingerprint density at radius 3 is 1.94 bits per heavy atom. The van der Waals surface area contributed by atoms with E-state index in [2.05, 4.69) is 0 Å². The van der Waals surface area contributed by atoms with Crippen LogP contribution >= 0.6 is 24.8 Å². The van der Waals surface area contributed by atoms with Crippen molar-refractivity contribution in [2.24, 2.45) is 11.5 Å². The zero-order valence-corrected chi connectivity index (χ0v) is 10.3. The van der Waals surface area contributed by atoms with Gasteiger partial charge in [-0.05, 0) is 0 Å². The number of carbonyl (C=O) groups is 2. The van der Waals surface area contributed by atoms with E-state index in [9.17, 15) is 9.59 Å². The van der Waals surface area contributed by atoms with Crippen molar-refractivity contribution in [1.82, 2.24) is 4.90 Å². The number of nitrogens with zero attached hydrogens (tertiary/aromatic N) is 1. The molecule has 1 aliphatic rings. The summed E-state index contributed by atoms with van der Waals surface area (Å²) in [6.07, 6.45) is -0.116. The number of halogens is 2. The number of likely N-dealkylation sites (tertiary alicyclic amines) is 1. The zero-order chi connectivity index (χ0) is 10.7. The monoisotopic (exact) mass is 273 g/mol. The average molecular weight is 274 g/mol. The van der Waals surface area contributed by atoms with Gasteiger partial charge in [0.15, 0.2) is 0 Å². The van der Waals surface area contributed by atoms with Gasteiger partial charge in [-0.15, -0.1) is 24.8 Å². The molecule has 5 N–H and O–H groups in total. The van der Waals surface area contributed by atoms with Crippen LogP contribution in [0.1, 0.15) is 12.8 Å². The Labute approximate surface area is 106 Å². The van der Waals surface area contributed by atoms with Crippen molar-refractivity contribution in [3.05, 3.63) is 0 Å². The predicted molar refractivity (Wildman–Crippen MR) is 63.9 cm³/mol. The number of hydrogen-bond acceptors (Lipinski definition) is 4. The highest BCUT2D eigenvalue weighted by Gasteiger charge is 2.29. The summed E-state index contributed by atoms with van der Waals surface area (Å²) in [4.78, 5) is 23.1. The highest BCUT2D eigenvalue weighted by atomic mass is 35.5. The van der Waals surface area contributed by atoms with Crippen LogP contribution in [0.15, 0.2) is 0 Å². The molecule has 0 unspecified atom stereocenters. The lowest BCUT2D eigenvalue weighted by molar-refractivity contribution is -0.140. The second kappa shape index (κ2) is 7.67. The molecule has 0 aliphatic carbocycles. The van der Waals surface area contributed by atoms with E-state index in [4.69, 9.17) is 16.6 Å². The summed E-state index contributed by atoms with van der Waals surface area (Å²) in [5.74, 6) is -1.15. The van der Waals surface area contributed by atoms with Crippen LogP contribution in [0.3, 0.4) is 0 Å². The summed E-state index contributed by atoms with van der Waals surface area (Å²) in [7, 11) is 0. The number of amides is 1. The maximum Gasteiger partial charge on any atom is 0.303 e. The number of hydrogen-bond donors (Lipinski definition) is 3. The Morgan fingerprint density at radius 2 is 1.56 bits per heavy atom. The van der Waals surface area contributed by atoms with Crippen LogP contribution in [-0.4, -0.2) is 47.1 Å². The summed E-state index contributed by atoms with van der Waals surface area (Å²) >= 11 is 0. The fraction of sp³-hybridized carbons (Fsp3) is 0.750. The van der Waals surface area contributed by atoms with Crippen LogP contribution in [-0.2, 0) is 9.59 Å². The molecule has 0 aromatic heterocycles. The molecule has 1 aliphatic heterocycles. The van der Waals surface area contributed by atoms with Gasteiger partial charge in [-0.3, -0.25) is 9.59 Å². The van der Waals surface area contributed by atoms with Gasteiger partial charge >= 0.3 is 5.97 Å². The SMILES string of the molecule is Cl.Cl.N[C@H]1CN(C(=O)CCC(=O)O)C[C@@H]1N. The van der Waals surface area contributed by atoms with Gasteiger partial charge in [0.1, 0.15) is 0 Å². The first-order valence-corrected chi connectivity index (χ1v) is 4.51. The normalized spacial score (nSPS) is 23.2. The Bertz CT molecular complexity index is 243. The number of carboxylic acid groups (broad SMARTS) is 1. The second-order valence-electron chi connectivity index (χ2n) is 3.52. The standard InChI is InChI=1S/C8H15N3O3.2ClH/c9-5-3-11(4-6(5)10)7(12)1-2-8(13)14;;/h5-6H,1-4,9-10H2,(H,13,14);2*1H/t5-,6-;;/m0../s1. The molecule has 16 heavy (non-hydrogen) atoms. The summed E-state index contributed by atoms with van der Waals surface area (Å²) in [5.41, 5.74) is 11.3. The van der Waals surface area contributed by atoms with Crippen molar-refractivity contribution < 1.29 is 14.7 Å². The van der Waals surface area contributed by atoms with Crippen molar-refractivity contribution in [1.29, 1.82) is 0 Å². The zero-order valence-electron chi connectivity index (χ0n) is 8.67. The number of rotatable bonds is 3. The third-order valence-electron chi connectivity index (χ3n) is 2.32. The van der Waals surface area contributed by atoms with E-state index in [1.807, 2.05) is 0 Å². The van der Waals surface area contributed by atoms with Crippen molar-refractivity contribution in [2.75, 3.05) is 13.1 Å². The molecule has 1 amide bonds. The lowest BCUT2D eigenvalue weighted by Crippen LogP contribution is -2.39. The van der Waals surface area contributed by atoms with E-state index in [-0.39, 0.29) is 55.6 Å². The van der Waals surface area contributed by atoms with Gasteiger partial charge in [-0.25, -0.2) is 0 Å². The molecule has 1 rings (SSSR count). The molecule has 0 aromatic carbocycles. The molecular weight excluding hydrogens is 257 g/mol. The van der Waals surface area contributed by atoms with Gasteiger partial charge in [0.2, 0.25) is 5.91 Å². The molecule has 2 atom stereocenters. The minimum Gasteiger partial charge on any atom is -0.481 e. The molecule has 0 aromatic rings. The average Bonchev–Trinajstić information content (AvgIpc) is 2.43. The number of nitrogens with two attached hydrogens (primary N) is 2. The van der Waals surface area contributed by atoms with E-state index >= 15 is 0 Å². The lowest BCUT2D eigenvalue weighted by atomic mass is 10.2. The molecule has 1 saturated heterocycles. The molecule has 1 heterocycles. The Balaban J connectivity index is 0. The summed E-state index contributed by atoms with van der Waals surface area (Å²) in [5, 5.41) is 8.39. The predicted octanol–water partition coefficient (Wildman–Crippen LogP) is -0.808. The van der Waals surface area contributed by atoms with Crippen molar-refractivity contribution in [3.8, 4) is 0 Å². The third kappa shape index (κ3) is 4.98. The van der Waals surface area contributed by atoms with Crippen LogP contribution in [0.5, 0.6) is 0 Å². The summed E-state index contributed by atoms with van der Waals surface area (Å²) in [6, 6.07) is -0.382. The maximum absolute atomic E-state index is 11.4. The lowest BCUT2D eigenvalue weighted by Gasteiger charge is -2.14.